The molecule has 0 saturated heterocycles. The lowest BCUT2D eigenvalue weighted by molar-refractivity contribution is -0.143. The van der Waals surface area contributed by atoms with E-state index < -0.39 is 60.6 Å². The van der Waals surface area contributed by atoms with Gasteiger partial charge in [-0.25, -0.2) is 4.79 Å². The van der Waals surface area contributed by atoms with E-state index in [2.05, 4.69) is 16.0 Å². The Morgan fingerprint density at radius 2 is 1.58 bits per heavy atom. The zero-order valence-corrected chi connectivity index (χ0v) is 18.7. The van der Waals surface area contributed by atoms with Crippen molar-refractivity contribution >= 4 is 35.5 Å². The van der Waals surface area contributed by atoms with E-state index in [1.165, 1.54) is 18.7 Å². The number of aliphatic hydroxyl groups excluding tert-OH is 2. The first kappa shape index (κ1) is 29.1. The maximum absolute atomic E-state index is 12.7. The molecule has 0 aromatic carbocycles. The zero-order chi connectivity index (χ0) is 24.0. The van der Waals surface area contributed by atoms with Crippen molar-refractivity contribution in [2.24, 2.45) is 11.5 Å². The number of thioether (sulfide) groups is 1. The Bertz CT molecular complexity index is 594. The van der Waals surface area contributed by atoms with E-state index >= 15 is 0 Å². The summed E-state index contributed by atoms with van der Waals surface area (Å²) in [7, 11) is 0. The lowest BCUT2D eigenvalue weighted by Crippen LogP contribution is -2.60. The number of unbranched alkanes of at least 4 members (excludes halogenated alkanes) is 1. The van der Waals surface area contributed by atoms with Crippen LogP contribution in [-0.4, -0.2) is 94.4 Å². The Labute approximate surface area is 185 Å². The predicted octanol–water partition coefficient (Wildman–Crippen LogP) is -2.89. The number of carbonyl (C=O) groups excluding carboxylic acids is 3. The smallest absolute Gasteiger partial charge is 0.326 e. The molecule has 0 radical (unpaired) electrons. The first-order chi connectivity index (χ1) is 14.6. The van der Waals surface area contributed by atoms with Crippen molar-refractivity contribution in [2.45, 2.75) is 62.9 Å². The van der Waals surface area contributed by atoms with Crippen LogP contribution in [0.25, 0.3) is 0 Å². The van der Waals surface area contributed by atoms with Crippen LogP contribution in [0.1, 0.15) is 32.6 Å². The number of hydrogen-bond donors (Lipinski definition) is 8. The molecule has 0 aliphatic rings. The lowest BCUT2D eigenvalue weighted by Gasteiger charge is -2.26. The van der Waals surface area contributed by atoms with E-state index in [-0.39, 0.29) is 12.8 Å². The molecule has 10 N–H and O–H groups in total. The average Bonchev–Trinajstić information content (AvgIpc) is 2.72. The van der Waals surface area contributed by atoms with Crippen molar-refractivity contribution in [3.8, 4) is 0 Å². The predicted molar refractivity (Wildman–Crippen MR) is 116 cm³/mol. The van der Waals surface area contributed by atoms with Gasteiger partial charge in [-0.2, -0.15) is 11.8 Å². The van der Waals surface area contributed by atoms with Crippen molar-refractivity contribution < 1.29 is 34.5 Å². The fourth-order valence-corrected chi connectivity index (χ4v) is 3.01. The van der Waals surface area contributed by atoms with Gasteiger partial charge in [0.1, 0.15) is 24.2 Å². The highest BCUT2D eigenvalue weighted by Crippen LogP contribution is 2.05. The van der Waals surface area contributed by atoms with Gasteiger partial charge in [0, 0.05) is 0 Å². The molecule has 13 heteroatoms. The topological polar surface area (TPSA) is 217 Å². The highest BCUT2D eigenvalue weighted by Gasteiger charge is 2.32. The molecule has 0 spiro atoms. The van der Waals surface area contributed by atoms with Gasteiger partial charge < -0.3 is 42.7 Å². The highest BCUT2D eigenvalue weighted by molar-refractivity contribution is 7.98. The second-order valence-corrected chi connectivity index (χ2v) is 8.03. The number of rotatable bonds is 16. The third-order valence-electron chi connectivity index (χ3n) is 4.40. The molecular formula is C18H35N5O7S. The molecule has 3 amide bonds. The minimum atomic E-state index is -1.44. The summed E-state index contributed by atoms with van der Waals surface area (Å²) >= 11 is 1.43. The van der Waals surface area contributed by atoms with Gasteiger partial charge in [0.05, 0.1) is 12.7 Å². The fourth-order valence-electron chi connectivity index (χ4n) is 2.54. The number of carboxylic acid groups (broad SMARTS) is 1. The molecule has 12 nitrogen and oxygen atoms in total. The van der Waals surface area contributed by atoms with Crippen LogP contribution in [0.3, 0.4) is 0 Å². The van der Waals surface area contributed by atoms with Gasteiger partial charge in [0.15, 0.2) is 0 Å². The van der Waals surface area contributed by atoms with Gasteiger partial charge in [-0.15, -0.1) is 0 Å². The largest absolute Gasteiger partial charge is 0.480 e. The quantitative estimate of drug-likeness (QED) is 0.109. The number of carboxylic acids is 1. The first-order valence-electron chi connectivity index (χ1n) is 9.96. The second-order valence-electron chi connectivity index (χ2n) is 7.04. The van der Waals surface area contributed by atoms with Crippen LogP contribution in [-0.2, 0) is 19.2 Å². The van der Waals surface area contributed by atoms with Crippen molar-refractivity contribution in [2.75, 3.05) is 25.2 Å². The maximum atomic E-state index is 12.7. The Kier molecular flexibility index (Phi) is 14.8. The molecular weight excluding hydrogens is 430 g/mol. The molecule has 0 rings (SSSR count). The van der Waals surface area contributed by atoms with E-state index in [9.17, 15) is 29.4 Å². The number of nitrogens with one attached hydrogen (secondary N) is 3. The molecule has 180 valence electrons. The summed E-state index contributed by atoms with van der Waals surface area (Å²) in [6, 6.07) is -4.92. The van der Waals surface area contributed by atoms with Crippen LogP contribution < -0.4 is 27.4 Å². The van der Waals surface area contributed by atoms with Crippen molar-refractivity contribution in [3.05, 3.63) is 0 Å². The standard InChI is InChI=1S/C18H35N5O7S/c1-10(25)14(17(28)22-13(18(29)30)5-3-4-7-19)23-16(27)12(6-8-31-2)21-15(26)11(20)9-24/h10-14,24-25H,3-9,19-20H2,1-2H3,(H,21,26)(H,22,28)(H,23,27)(H,29,30). The normalized spacial score (nSPS) is 15.8. The van der Waals surface area contributed by atoms with Gasteiger partial charge in [-0.3, -0.25) is 14.4 Å². The summed E-state index contributed by atoms with van der Waals surface area (Å²) < 4.78 is 0. The number of aliphatic carboxylic acids is 1. The van der Waals surface area contributed by atoms with E-state index in [4.69, 9.17) is 16.6 Å². The minimum Gasteiger partial charge on any atom is -0.480 e. The van der Waals surface area contributed by atoms with Gasteiger partial charge in [0.25, 0.3) is 0 Å². The summed E-state index contributed by atoms with van der Waals surface area (Å²) in [6.07, 6.45) is 1.89. The third kappa shape index (κ3) is 11.3. The van der Waals surface area contributed by atoms with Crippen LogP contribution in [0.15, 0.2) is 0 Å². The Morgan fingerprint density at radius 3 is 2.06 bits per heavy atom. The third-order valence-corrected chi connectivity index (χ3v) is 5.05. The Balaban J connectivity index is 5.26. The van der Waals surface area contributed by atoms with Crippen LogP contribution in [0.5, 0.6) is 0 Å². The zero-order valence-electron chi connectivity index (χ0n) is 17.9. The van der Waals surface area contributed by atoms with Gasteiger partial charge in [-0.05, 0) is 51.2 Å². The molecule has 31 heavy (non-hydrogen) atoms. The number of hydrogen-bond acceptors (Lipinski definition) is 9. The van der Waals surface area contributed by atoms with Crippen LogP contribution in [0.4, 0.5) is 0 Å². The molecule has 0 aliphatic carbocycles. The molecule has 5 unspecified atom stereocenters. The van der Waals surface area contributed by atoms with E-state index in [1.54, 1.807) is 6.26 Å². The summed E-state index contributed by atoms with van der Waals surface area (Å²) in [5.74, 6) is -3.11. The minimum absolute atomic E-state index is 0.143. The number of nitrogens with two attached hydrogens (primary N) is 2. The summed E-state index contributed by atoms with van der Waals surface area (Å²) in [4.78, 5) is 48.6. The van der Waals surface area contributed by atoms with Crippen molar-refractivity contribution in [1.82, 2.24) is 16.0 Å². The molecule has 0 saturated carbocycles. The lowest BCUT2D eigenvalue weighted by atomic mass is 10.1. The summed E-state index contributed by atoms with van der Waals surface area (Å²) in [5.41, 5.74) is 10.8. The Morgan fingerprint density at radius 1 is 0.968 bits per heavy atom. The van der Waals surface area contributed by atoms with Crippen LogP contribution in [0, 0.1) is 0 Å². The maximum Gasteiger partial charge on any atom is 0.326 e. The molecule has 0 bridgehead atoms. The van der Waals surface area contributed by atoms with E-state index in [1.807, 2.05) is 0 Å². The highest BCUT2D eigenvalue weighted by atomic mass is 32.2. The van der Waals surface area contributed by atoms with Crippen molar-refractivity contribution in [1.29, 1.82) is 0 Å². The van der Waals surface area contributed by atoms with Gasteiger partial charge in [-0.1, -0.05) is 0 Å². The van der Waals surface area contributed by atoms with Crippen molar-refractivity contribution in [3.63, 3.8) is 0 Å². The molecule has 5 atom stereocenters. The van der Waals surface area contributed by atoms with Crippen LogP contribution >= 0.6 is 11.8 Å². The fraction of sp³-hybridized carbons (Fsp3) is 0.778. The average molecular weight is 466 g/mol. The molecule has 0 heterocycles. The van der Waals surface area contributed by atoms with Crippen LogP contribution in [0.2, 0.25) is 0 Å². The number of carbonyl (C=O) groups is 4. The van der Waals surface area contributed by atoms with E-state index in [0.29, 0.717) is 25.1 Å². The van der Waals surface area contributed by atoms with Gasteiger partial charge in [0.2, 0.25) is 17.7 Å². The molecule has 0 aliphatic heterocycles. The number of amides is 3. The SMILES string of the molecule is CSCCC(NC(=O)C(N)CO)C(=O)NC(C(=O)NC(CCCCN)C(=O)O)C(C)O. The molecule has 0 fully saturated rings. The second kappa shape index (κ2) is 15.8. The molecule has 0 aromatic heterocycles. The summed E-state index contributed by atoms with van der Waals surface area (Å²) in [6.45, 7) is 1.05. The van der Waals surface area contributed by atoms with Gasteiger partial charge >= 0.3 is 5.97 Å². The number of aliphatic hydroxyl groups is 2. The van der Waals surface area contributed by atoms with E-state index in [0.717, 1.165) is 0 Å². The Hall–Kier alpha value is -1.93. The summed E-state index contributed by atoms with van der Waals surface area (Å²) in [5, 5.41) is 35.4. The monoisotopic (exact) mass is 465 g/mol. The first-order valence-corrected chi connectivity index (χ1v) is 11.4. The molecule has 0 aromatic rings.